The molecule has 2 atom stereocenters. The first kappa shape index (κ1) is 13.4. The number of hydrogen-bond acceptors (Lipinski definition) is 4. The van der Waals surface area contributed by atoms with Crippen LogP contribution < -0.4 is 5.32 Å². The normalized spacial score (nSPS) is 27.1. The molecular weight excluding hydrogens is 254 g/mol. The average molecular weight is 275 g/mol. The summed E-state index contributed by atoms with van der Waals surface area (Å²) in [6, 6.07) is -0.198. The highest BCUT2D eigenvalue weighted by Crippen LogP contribution is 2.27. The van der Waals surface area contributed by atoms with E-state index in [1.54, 1.807) is 7.05 Å². The van der Waals surface area contributed by atoms with Crippen LogP contribution in [-0.2, 0) is 11.2 Å². The van der Waals surface area contributed by atoms with E-state index in [0.717, 1.165) is 25.0 Å². The molecule has 0 fully saturated rings. The first-order valence-electron chi connectivity index (χ1n) is 7.38. The largest absolute Gasteiger partial charge is 0.446 e. The maximum atomic E-state index is 12.8. The SMILES string of the molecule is CNC1C(=O)N(C2C=CCCCC2)CCc2ncoc21. The lowest BCUT2D eigenvalue weighted by Gasteiger charge is -2.30. The number of nitrogens with zero attached hydrogens (tertiary/aromatic N) is 2. The van der Waals surface area contributed by atoms with E-state index < -0.39 is 6.04 Å². The molecule has 5 nitrogen and oxygen atoms in total. The molecule has 0 saturated heterocycles. The van der Waals surface area contributed by atoms with Gasteiger partial charge >= 0.3 is 0 Å². The third kappa shape index (κ3) is 2.38. The van der Waals surface area contributed by atoms with Gasteiger partial charge in [-0.1, -0.05) is 18.6 Å². The molecule has 1 aromatic heterocycles. The molecule has 5 heteroatoms. The van der Waals surface area contributed by atoms with Gasteiger partial charge in [0, 0.05) is 13.0 Å². The number of carbonyl (C=O) groups is 1. The molecule has 3 rings (SSSR count). The van der Waals surface area contributed by atoms with E-state index in [0.29, 0.717) is 12.3 Å². The van der Waals surface area contributed by atoms with Crippen molar-refractivity contribution >= 4 is 5.91 Å². The van der Waals surface area contributed by atoms with Crippen LogP contribution in [0, 0.1) is 0 Å². The molecule has 0 bridgehead atoms. The van der Waals surface area contributed by atoms with E-state index in [-0.39, 0.29) is 11.9 Å². The molecular formula is C15H21N3O2. The van der Waals surface area contributed by atoms with Gasteiger partial charge in [-0.25, -0.2) is 4.98 Å². The second kappa shape index (κ2) is 5.79. The highest BCUT2D eigenvalue weighted by atomic mass is 16.3. The summed E-state index contributed by atoms with van der Waals surface area (Å²) in [7, 11) is 1.79. The second-order valence-electron chi connectivity index (χ2n) is 5.45. The molecule has 0 aromatic carbocycles. The number of rotatable bonds is 2. The van der Waals surface area contributed by atoms with Crippen LogP contribution in [0.5, 0.6) is 0 Å². The topological polar surface area (TPSA) is 58.4 Å². The summed E-state index contributed by atoms with van der Waals surface area (Å²) < 4.78 is 5.43. The van der Waals surface area contributed by atoms with E-state index in [1.165, 1.54) is 19.2 Å². The number of aromatic nitrogens is 1. The Hall–Kier alpha value is -1.62. The summed E-state index contributed by atoms with van der Waals surface area (Å²) in [5, 5.41) is 3.07. The van der Waals surface area contributed by atoms with Crippen LogP contribution in [0.15, 0.2) is 23.0 Å². The predicted molar refractivity (Wildman–Crippen MR) is 75.1 cm³/mol. The molecule has 2 aliphatic rings. The molecule has 1 aliphatic heterocycles. The van der Waals surface area contributed by atoms with Gasteiger partial charge in [-0.15, -0.1) is 0 Å². The molecule has 108 valence electrons. The first-order valence-corrected chi connectivity index (χ1v) is 7.38. The minimum atomic E-state index is -0.411. The van der Waals surface area contributed by atoms with Crippen molar-refractivity contribution < 1.29 is 9.21 Å². The summed E-state index contributed by atoms with van der Waals surface area (Å²) >= 11 is 0. The lowest BCUT2D eigenvalue weighted by molar-refractivity contribution is -0.135. The molecule has 2 heterocycles. The maximum absolute atomic E-state index is 12.8. The van der Waals surface area contributed by atoms with Crippen molar-refractivity contribution in [1.82, 2.24) is 15.2 Å². The van der Waals surface area contributed by atoms with Crippen molar-refractivity contribution in [1.29, 1.82) is 0 Å². The number of hydrogen-bond donors (Lipinski definition) is 1. The van der Waals surface area contributed by atoms with Crippen molar-refractivity contribution in [2.75, 3.05) is 13.6 Å². The minimum absolute atomic E-state index is 0.0968. The summed E-state index contributed by atoms with van der Waals surface area (Å²) in [4.78, 5) is 19.0. The van der Waals surface area contributed by atoms with Gasteiger partial charge < -0.3 is 14.6 Å². The average Bonchev–Trinajstić information content (AvgIpc) is 2.69. The minimum Gasteiger partial charge on any atom is -0.446 e. The Morgan fingerprint density at radius 3 is 3.20 bits per heavy atom. The van der Waals surface area contributed by atoms with Gasteiger partial charge in [-0.05, 0) is 26.3 Å². The number of amides is 1. The Labute approximate surface area is 119 Å². The van der Waals surface area contributed by atoms with E-state index in [2.05, 4.69) is 22.5 Å². The van der Waals surface area contributed by atoms with Gasteiger partial charge in [0.25, 0.3) is 0 Å². The Bertz CT molecular complexity index is 509. The number of nitrogens with one attached hydrogen (secondary N) is 1. The van der Waals surface area contributed by atoms with E-state index in [1.807, 2.05) is 4.90 Å². The Morgan fingerprint density at radius 2 is 2.35 bits per heavy atom. The fraction of sp³-hybridized carbons (Fsp3) is 0.600. The molecule has 1 amide bonds. The van der Waals surface area contributed by atoms with Crippen molar-refractivity contribution in [2.24, 2.45) is 0 Å². The van der Waals surface area contributed by atoms with Crippen molar-refractivity contribution in [2.45, 2.75) is 44.2 Å². The Morgan fingerprint density at radius 1 is 1.45 bits per heavy atom. The zero-order valence-electron chi connectivity index (χ0n) is 11.8. The quantitative estimate of drug-likeness (QED) is 0.836. The summed E-state index contributed by atoms with van der Waals surface area (Å²) in [6.45, 7) is 0.714. The monoisotopic (exact) mass is 275 g/mol. The van der Waals surface area contributed by atoms with E-state index in [4.69, 9.17) is 4.42 Å². The van der Waals surface area contributed by atoms with E-state index >= 15 is 0 Å². The summed E-state index contributed by atoms with van der Waals surface area (Å²) in [5.74, 6) is 0.775. The standard InChI is InChI=1S/C15H21N3O2/c1-16-13-14-12(17-10-20-14)8-9-18(15(13)19)11-6-4-2-3-5-7-11/h4,6,10-11,13,16H,2-3,5,7-9H2,1H3. The molecule has 1 aromatic rings. The van der Waals surface area contributed by atoms with Crippen LogP contribution in [-0.4, -0.2) is 35.4 Å². The molecule has 1 N–H and O–H groups in total. The van der Waals surface area contributed by atoms with Gasteiger partial charge in [0.15, 0.2) is 12.2 Å². The molecule has 0 spiro atoms. The Kier molecular flexibility index (Phi) is 3.87. The van der Waals surface area contributed by atoms with Gasteiger partial charge in [0.2, 0.25) is 5.91 Å². The lowest BCUT2D eigenvalue weighted by Crippen LogP contribution is -2.44. The maximum Gasteiger partial charge on any atom is 0.248 e. The number of likely N-dealkylation sites (N-methyl/N-ethyl adjacent to an activating group) is 1. The third-order valence-corrected chi connectivity index (χ3v) is 4.22. The van der Waals surface area contributed by atoms with Crippen LogP contribution in [0.2, 0.25) is 0 Å². The molecule has 2 unspecified atom stereocenters. The third-order valence-electron chi connectivity index (χ3n) is 4.22. The van der Waals surface area contributed by atoms with Crippen LogP contribution in [0.3, 0.4) is 0 Å². The summed E-state index contributed by atoms with van der Waals surface area (Å²) in [6.07, 6.45) is 11.2. The number of carbonyl (C=O) groups excluding carboxylic acids is 1. The van der Waals surface area contributed by atoms with E-state index in [9.17, 15) is 4.79 Å². The van der Waals surface area contributed by atoms with Crippen molar-refractivity contribution in [3.8, 4) is 0 Å². The van der Waals surface area contributed by atoms with Crippen molar-refractivity contribution in [3.63, 3.8) is 0 Å². The smallest absolute Gasteiger partial charge is 0.248 e. The molecule has 0 saturated carbocycles. The molecule has 20 heavy (non-hydrogen) atoms. The number of allylic oxidation sites excluding steroid dienone is 1. The van der Waals surface area contributed by atoms with Gasteiger partial charge in [-0.3, -0.25) is 4.79 Å². The zero-order valence-corrected chi connectivity index (χ0v) is 11.8. The molecule has 1 aliphatic carbocycles. The van der Waals surface area contributed by atoms with Crippen LogP contribution in [0.25, 0.3) is 0 Å². The van der Waals surface area contributed by atoms with Crippen molar-refractivity contribution in [3.05, 3.63) is 30.0 Å². The highest BCUT2D eigenvalue weighted by Gasteiger charge is 2.35. The highest BCUT2D eigenvalue weighted by molar-refractivity contribution is 5.84. The predicted octanol–water partition coefficient (Wildman–Crippen LogP) is 1.82. The van der Waals surface area contributed by atoms with Crippen LogP contribution >= 0.6 is 0 Å². The summed E-state index contributed by atoms with van der Waals surface area (Å²) in [5.41, 5.74) is 0.901. The van der Waals surface area contributed by atoms with Gasteiger partial charge in [-0.2, -0.15) is 0 Å². The number of fused-ring (bicyclic) bond motifs is 1. The fourth-order valence-corrected chi connectivity index (χ4v) is 3.12. The van der Waals surface area contributed by atoms with Gasteiger partial charge in [0.05, 0.1) is 11.7 Å². The van der Waals surface area contributed by atoms with Crippen LogP contribution in [0.4, 0.5) is 0 Å². The number of oxazole rings is 1. The zero-order chi connectivity index (χ0) is 13.9. The first-order chi connectivity index (χ1) is 9.81. The lowest BCUT2D eigenvalue weighted by atomic mass is 10.1. The van der Waals surface area contributed by atoms with Crippen LogP contribution in [0.1, 0.15) is 43.2 Å². The Balaban J connectivity index is 1.87. The van der Waals surface area contributed by atoms with Gasteiger partial charge in [0.1, 0.15) is 6.04 Å². The molecule has 0 radical (unpaired) electrons. The second-order valence-corrected chi connectivity index (χ2v) is 5.45. The fourth-order valence-electron chi connectivity index (χ4n) is 3.12.